The molecule has 1 aromatic rings. The molecule has 0 aromatic carbocycles. The molecule has 1 N–H and O–H groups in total. The minimum atomic E-state index is -0.998. The molecular weight excluding hydrogens is 334 g/mol. The molecule has 0 saturated carbocycles. The number of rotatable bonds is 4. The van der Waals surface area contributed by atoms with Crippen LogP contribution in [-0.4, -0.2) is 37.3 Å². The Bertz CT molecular complexity index is 817. The van der Waals surface area contributed by atoms with Crippen LogP contribution >= 0.6 is 0 Å². The first kappa shape index (κ1) is 17.1. The van der Waals surface area contributed by atoms with Crippen LogP contribution in [-0.2, 0) is 25.5 Å². The second kappa shape index (κ2) is 6.62. The van der Waals surface area contributed by atoms with Gasteiger partial charge in [0.1, 0.15) is 19.1 Å². The third kappa shape index (κ3) is 2.67. The summed E-state index contributed by atoms with van der Waals surface area (Å²) < 4.78 is 37.6. The maximum absolute atomic E-state index is 14.2. The van der Waals surface area contributed by atoms with Crippen LogP contribution in [0.15, 0.2) is 34.9 Å². The van der Waals surface area contributed by atoms with Crippen molar-refractivity contribution in [3.63, 3.8) is 0 Å². The van der Waals surface area contributed by atoms with Crippen LogP contribution in [0.2, 0.25) is 0 Å². The van der Waals surface area contributed by atoms with Crippen molar-refractivity contribution in [2.75, 3.05) is 20.4 Å². The average Bonchev–Trinajstić information content (AvgIpc) is 3.00. The maximum Gasteiger partial charge on any atom is 0.337 e. The third-order valence-electron chi connectivity index (χ3n) is 4.34. The zero-order valence-corrected chi connectivity index (χ0v) is 13.7. The molecule has 6 nitrogen and oxygen atoms in total. The molecule has 0 fully saturated rings. The van der Waals surface area contributed by atoms with E-state index in [1.165, 1.54) is 6.20 Å². The van der Waals surface area contributed by atoms with Crippen LogP contribution < -0.4 is 5.32 Å². The Hall–Kier alpha value is -2.77. The van der Waals surface area contributed by atoms with Crippen LogP contribution in [0.1, 0.15) is 24.0 Å². The maximum atomic E-state index is 14.2. The lowest BCUT2D eigenvalue weighted by Crippen LogP contribution is -2.32. The van der Waals surface area contributed by atoms with Crippen molar-refractivity contribution in [1.82, 2.24) is 10.3 Å². The van der Waals surface area contributed by atoms with E-state index >= 15 is 0 Å². The van der Waals surface area contributed by atoms with Crippen LogP contribution in [0.4, 0.5) is 8.78 Å². The topological polar surface area (TPSA) is 77.5 Å². The van der Waals surface area contributed by atoms with E-state index in [-0.39, 0.29) is 23.5 Å². The number of aromatic nitrogens is 1. The van der Waals surface area contributed by atoms with Crippen molar-refractivity contribution in [2.45, 2.75) is 19.3 Å². The number of nitrogens with one attached hydrogen (secondary N) is 1. The number of methoxy groups -OCH3 is 1. The molecule has 132 valence electrons. The molecule has 25 heavy (non-hydrogen) atoms. The van der Waals surface area contributed by atoms with E-state index in [1.54, 1.807) is 6.92 Å². The molecule has 3 rings (SSSR count). The number of alkyl halides is 1. The zero-order valence-electron chi connectivity index (χ0n) is 13.7. The Balaban J connectivity index is 2.28. The van der Waals surface area contributed by atoms with E-state index in [9.17, 15) is 18.4 Å². The molecule has 0 unspecified atom stereocenters. The molecule has 0 bridgehead atoms. The van der Waals surface area contributed by atoms with Crippen molar-refractivity contribution < 1.29 is 27.8 Å². The largest absolute Gasteiger partial charge is 0.466 e. The average molecular weight is 350 g/mol. The molecule has 8 heteroatoms. The summed E-state index contributed by atoms with van der Waals surface area (Å²) in [7, 11) is 1.16. The van der Waals surface area contributed by atoms with E-state index in [2.05, 4.69) is 10.3 Å². The van der Waals surface area contributed by atoms with E-state index in [0.717, 1.165) is 13.3 Å². The number of hydrogen-bond acceptors (Lipinski definition) is 6. The zero-order chi connectivity index (χ0) is 18.1. The fourth-order valence-electron chi connectivity index (χ4n) is 3.25. The highest BCUT2D eigenvalue weighted by Crippen LogP contribution is 2.42. The smallest absolute Gasteiger partial charge is 0.337 e. The molecule has 1 atom stereocenters. The molecule has 2 aliphatic heterocycles. The highest BCUT2D eigenvalue weighted by molar-refractivity contribution is 6.01. The van der Waals surface area contributed by atoms with Gasteiger partial charge in [-0.05, 0) is 17.5 Å². The first-order chi connectivity index (χ1) is 12.0. The number of pyridine rings is 1. The van der Waals surface area contributed by atoms with E-state index in [4.69, 9.17) is 9.47 Å². The molecule has 0 amide bonds. The van der Waals surface area contributed by atoms with Crippen molar-refractivity contribution in [3.05, 3.63) is 51.9 Å². The quantitative estimate of drug-likeness (QED) is 0.833. The predicted octanol–water partition coefficient (Wildman–Crippen LogP) is 1.68. The van der Waals surface area contributed by atoms with Crippen molar-refractivity contribution in [3.8, 4) is 0 Å². The first-order valence-corrected chi connectivity index (χ1v) is 7.70. The van der Waals surface area contributed by atoms with Gasteiger partial charge in [0, 0.05) is 6.20 Å². The van der Waals surface area contributed by atoms with Gasteiger partial charge in [-0.25, -0.2) is 18.4 Å². The van der Waals surface area contributed by atoms with Gasteiger partial charge in [0.15, 0.2) is 0 Å². The lowest BCUT2D eigenvalue weighted by molar-refractivity contribution is -0.136. The van der Waals surface area contributed by atoms with Gasteiger partial charge in [0.2, 0.25) is 0 Å². The Kier molecular flexibility index (Phi) is 4.52. The van der Waals surface area contributed by atoms with Gasteiger partial charge >= 0.3 is 11.9 Å². The summed E-state index contributed by atoms with van der Waals surface area (Å²) in [6, 6.07) is 0. The summed E-state index contributed by atoms with van der Waals surface area (Å²) in [5.41, 5.74) is 1.03. The minimum absolute atomic E-state index is 0.0276. The van der Waals surface area contributed by atoms with Gasteiger partial charge < -0.3 is 14.8 Å². The second-order valence-electron chi connectivity index (χ2n) is 5.59. The molecule has 0 saturated heterocycles. The summed E-state index contributed by atoms with van der Waals surface area (Å²) >= 11 is 0. The number of cyclic esters (lactones) is 1. The monoisotopic (exact) mass is 350 g/mol. The first-order valence-electron chi connectivity index (χ1n) is 7.70. The summed E-state index contributed by atoms with van der Waals surface area (Å²) in [6.07, 6.45) is 2.75. The highest BCUT2D eigenvalue weighted by atomic mass is 19.1. The van der Waals surface area contributed by atoms with Gasteiger partial charge in [0.25, 0.3) is 0 Å². The van der Waals surface area contributed by atoms with E-state index in [1.807, 2.05) is 0 Å². The molecular formula is C17H16F2N2O4. The number of dihydropyridines is 1. The number of halogens is 2. The minimum Gasteiger partial charge on any atom is -0.466 e. The van der Waals surface area contributed by atoms with Crippen LogP contribution in [0.5, 0.6) is 0 Å². The van der Waals surface area contributed by atoms with Crippen LogP contribution in [0.25, 0.3) is 0 Å². The highest BCUT2D eigenvalue weighted by Gasteiger charge is 2.43. The lowest BCUT2D eigenvalue weighted by atomic mass is 9.79. The number of allylic oxidation sites excluding steroid dienone is 1. The summed E-state index contributed by atoms with van der Waals surface area (Å²) in [6.45, 7) is 0.700. The Morgan fingerprint density at radius 3 is 2.88 bits per heavy atom. The molecule has 2 aliphatic rings. The SMILES string of the molecule is CCc1c(F)cncc1[C@H]1C(C(=O)OC)=C(CF)NC2=C1C(=O)OC2. The van der Waals surface area contributed by atoms with E-state index < -0.39 is 30.3 Å². The number of hydrogen-bond donors (Lipinski definition) is 1. The Labute approximate surface area is 142 Å². The number of ether oxygens (including phenoxy) is 2. The van der Waals surface area contributed by atoms with Crippen LogP contribution in [0.3, 0.4) is 0 Å². The van der Waals surface area contributed by atoms with Crippen molar-refractivity contribution >= 4 is 11.9 Å². The number of nitrogens with zero attached hydrogens (tertiary/aromatic N) is 1. The predicted molar refractivity (Wildman–Crippen MR) is 82.5 cm³/mol. The fourth-order valence-corrected chi connectivity index (χ4v) is 3.25. The summed E-state index contributed by atoms with van der Waals surface area (Å²) in [5, 5.41) is 2.74. The molecule has 1 aromatic heterocycles. The van der Waals surface area contributed by atoms with Gasteiger partial charge in [-0.1, -0.05) is 6.92 Å². The van der Waals surface area contributed by atoms with Gasteiger partial charge in [-0.15, -0.1) is 0 Å². The van der Waals surface area contributed by atoms with Gasteiger partial charge in [-0.3, -0.25) is 4.98 Å². The summed E-state index contributed by atoms with van der Waals surface area (Å²) in [5.74, 6) is -3.00. The molecule has 0 spiro atoms. The fraction of sp³-hybridized carbons (Fsp3) is 0.353. The molecule has 0 radical (unpaired) electrons. The Morgan fingerprint density at radius 1 is 1.48 bits per heavy atom. The second-order valence-corrected chi connectivity index (χ2v) is 5.59. The normalized spacial score (nSPS) is 19.5. The number of esters is 2. The summed E-state index contributed by atoms with van der Waals surface area (Å²) in [4.78, 5) is 28.4. The van der Waals surface area contributed by atoms with Gasteiger partial charge in [-0.2, -0.15) is 0 Å². The standard InChI is InChI=1S/C17H16F2N2O4/c1-3-8-9(5-20-6-10(8)19)13-14(16(22)24-2)11(4-18)21-12-7-25-17(23)15(12)13/h5-6,13,21H,3-4,7H2,1-2H3/t13-/m0/s1. The van der Waals surface area contributed by atoms with Gasteiger partial charge in [0.05, 0.1) is 41.8 Å². The van der Waals surface area contributed by atoms with Crippen molar-refractivity contribution in [1.29, 1.82) is 0 Å². The van der Waals surface area contributed by atoms with E-state index in [0.29, 0.717) is 23.2 Å². The number of carbonyl (C=O) groups is 2. The number of carbonyl (C=O) groups excluding carboxylic acids is 2. The lowest BCUT2D eigenvalue weighted by Gasteiger charge is -2.28. The molecule has 0 aliphatic carbocycles. The Morgan fingerprint density at radius 2 is 2.24 bits per heavy atom. The molecule has 3 heterocycles. The van der Waals surface area contributed by atoms with Crippen LogP contribution in [0, 0.1) is 5.82 Å². The van der Waals surface area contributed by atoms with Crippen molar-refractivity contribution in [2.24, 2.45) is 0 Å². The third-order valence-corrected chi connectivity index (χ3v) is 4.34.